The fraction of sp³-hybridized carbons (Fsp3) is 0.556. The van der Waals surface area contributed by atoms with E-state index in [4.69, 9.17) is 11.5 Å². The molecule has 1 aliphatic carbocycles. The topological polar surface area (TPSA) is 86.2 Å². The Labute approximate surface area is 77.0 Å². The molecule has 0 saturated heterocycles. The molecule has 0 heterocycles. The summed E-state index contributed by atoms with van der Waals surface area (Å²) in [4.78, 5) is 22.2. The Kier molecular flexibility index (Phi) is 2.40. The van der Waals surface area contributed by atoms with Gasteiger partial charge < -0.3 is 11.5 Å². The summed E-state index contributed by atoms with van der Waals surface area (Å²) in [6.07, 6.45) is 4.93. The first kappa shape index (κ1) is 9.77. The summed E-state index contributed by atoms with van der Waals surface area (Å²) >= 11 is 0. The Bertz CT molecular complexity index is 273. The summed E-state index contributed by atoms with van der Waals surface area (Å²) in [6.45, 7) is 1.65. The molecule has 4 heteroatoms. The zero-order chi connectivity index (χ0) is 10.1. The van der Waals surface area contributed by atoms with Crippen LogP contribution in [0.4, 0.5) is 0 Å². The van der Waals surface area contributed by atoms with Crippen LogP contribution in [-0.4, -0.2) is 11.8 Å². The van der Waals surface area contributed by atoms with Crippen LogP contribution in [0.1, 0.15) is 19.8 Å². The Morgan fingerprint density at radius 3 is 2.46 bits per heavy atom. The first-order chi connectivity index (χ1) is 5.98. The quantitative estimate of drug-likeness (QED) is 0.585. The van der Waals surface area contributed by atoms with Crippen LogP contribution in [-0.2, 0) is 9.59 Å². The monoisotopic (exact) mass is 182 g/mol. The molecule has 1 rings (SSSR count). The molecule has 0 bridgehead atoms. The Morgan fingerprint density at radius 2 is 2.08 bits per heavy atom. The minimum Gasteiger partial charge on any atom is -0.369 e. The van der Waals surface area contributed by atoms with E-state index in [2.05, 4.69) is 0 Å². The van der Waals surface area contributed by atoms with Crippen LogP contribution >= 0.6 is 0 Å². The van der Waals surface area contributed by atoms with Gasteiger partial charge >= 0.3 is 0 Å². The maximum atomic E-state index is 11.2. The van der Waals surface area contributed by atoms with E-state index in [1.807, 2.05) is 6.08 Å². The van der Waals surface area contributed by atoms with Crippen LogP contribution in [0.25, 0.3) is 0 Å². The number of carbonyl (C=O) groups is 2. The number of nitrogens with two attached hydrogens (primary N) is 2. The Hall–Kier alpha value is -1.32. The number of allylic oxidation sites excluding steroid dienone is 1. The van der Waals surface area contributed by atoms with Crippen molar-refractivity contribution in [3.63, 3.8) is 0 Å². The highest BCUT2D eigenvalue weighted by Gasteiger charge is 2.41. The minimum absolute atomic E-state index is 0.453. The highest BCUT2D eigenvalue weighted by Crippen LogP contribution is 2.35. The van der Waals surface area contributed by atoms with E-state index in [9.17, 15) is 9.59 Å². The van der Waals surface area contributed by atoms with Crippen LogP contribution in [0.5, 0.6) is 0 Å². The molecule has 0 aromatic carbocycles. The molecule has 2 atom stereocenters. The van der Waals surface area contributed by atoms with Gasteiger partial charge in [-0.3, -0.25) is 9.59 Å². The molecule has 0 spiro atoms. The van der Waals surface area contributed by atoms with Crippen molar-refractivity contribution in [1.29, 1.82) is 0 Å². The molecule has 0 aromatic rings. The van der Waals surface area contributed by atoms with Gasteiger partial charge in [-0.05, 0) is 19.8 Å². The van der Waals surface area contributed by atoms with Gasteiger partial charge in [0, 0.05) is 0 Å². The second-order valence-electron chi connectivity index (χ2n) is 3.58. The van der Waals surface area contributed by atoms with Crippen molar-refractivity contribution < 1.29 is 9.59 Å². The van der Waals surface area contributed by atoms with Crippen molar-refractivity contribution >= 4 is 11.8 Å². The molecular weight excluding hydrogens is 168 g/mol. The summed E-state index contributed by atoms with van der Waals surface area (Å²) in [5.41, 5.74) is 9.53. The molecule has 2 unspecified atom stereocenters. The van der Waals surface area contributed by atoms with Crippen LogP contribution in [0.2, 0.25) is 0 Å². The van der Waals surface area contributed by atoms with Crippen molar-refractivity contribution in [2.24, 2.45) is 22.8 Å². The molecule has 0 fully saturated rings. The average molecular weight is 182 g/mol. The largest absolute Gasteiger partial charge is 0.369 e. The SMILES string of the molecule is CC1(C(N)=O)C=CCCC1C(N)=O. The molecule has 1 aliphatic rings. The summed E-state index contributed by atoms with van der Waals surface area (Å²) in [5.74, 6) is -1.41. The molecule has 0 aromatic heterocycles. The smallest absolute Gasteiger partial charge is 0.227 e. The molecule has 2 amide bonds. The molecule has 72 valence electrons. The first-order valence-electron chi connectivity index (χ1n) is 4.25. The fourth-order valence-electron chi connectivity index (χ4n) is 1.70. The van der Waals surface area contributed by atoms with E-state index in [1.165, 1.54) is 0 Å². The first-order valence-corrected chi connectivity index (χ1v) is 4.25. The molecule has 0 saturated carbocycles. The number of hydrogen-bond acceptors (Lipinski definition) is 2. The van der Waals surface area contributed by atoms with Crippen LogP contribution in [0.15, 0.2) is 12.2 Å². The van der Waals surface area contributed by atoms with E-state index >= 15 is 0 Å². The second kappa shape index (κ2) is 3.20. The van der Waals surface area contributed by atoms with E-state index in [0.29, 0.717) is 6.42 Å². The molecule has 4 N–H and O–H groups in total. The van der Waals surface area contributed by atoms with Gasteiger partial charge in [0.15, 0.2) is 0 Å². The van der Waals surface area contributed by atoms with Gasteiger partial charge in [0.05, 0.1) is 11.3 Å². The molecule has 4 nitrogen and oxygen atoms in total. The Morgan fingerprint density at radius 1 is 1.46 bits per heavy atom. The molecule has 0 radical (unpaired) electrons. The zero-order valence-corrected chi connectivity index (χ0v) is 7.62. The summed E-state index contributed by atoms with van der Waals surface area (Å²) < 4.78 is 0. The Balaban J connectivity index is 3.02. The van der Waals surface area contributed by atoms with Gasteiger partial charge in [0.1, 0.15) is 0 Å². The van der Waals surface area contributed by atoms with E-state index in [1.54, 1.807) is 13.0 Å². The van der Waals surface area contributed by atoms with Crippen molar-refractivity contribution in [3.8, 4) is 0 Å². The average Bonchev–Trinajstić information content (AvgIpc) is 2.04. The number of carbonyl (C=O) groups excluding carboxylic acids is 2. The number of amides is 2. The lowest BCUT2D eigenvalue weighted by atomic mass is 9.70. The van der Waals surface area contributed by atoms with Gasteiger partial charge in [-0.1, -0.05) is 12.2 Å². The van der Waals surface area contributed by atoms with Gasteiger partial charge in [-0.2, -0.15) is 0 Å². The van der Waals surface area contributed by atoms with Crippen LogP contribution in [0, 0.1) is 11.3 Å². The normalized spacial score (nSPS) is 32.8. The predicted octanol–water partition coefficient (Wildman–Crippen LogP) is -0.0705. The number of hydrogen-bond donors (Lipinski definition) is 2. The van der Waals surface area contributed by atoms with Crippen LogP contribution in [0.3, 0.4) is 0 Å². The second-order valence-corrected chi connectivity index (χ2v) is 3.58. The summed E-state index contributed by atoms with van der Waals surface area (Å²) in [5, 5.41) is 0. The molecule has 13 heavy (non-hydrogen) atoms. The minimum atomic E-state index is -0.899. The highest BCUT2D eigenvalue weighted by atomic mass is 16.2. The number of primary amides is 2. The molecule has 0 aliphatic heterocycles. The van der Waals surface area contributed by atoms with E-state index < -0.39 is 23.1 Å². The lowest BCUT2D eigenvalue weighted by Gasteiger charge is -2.32. The van der Waals surface area contributed by atoms with Gasteiger partial charge in [-0.25, -0.2) is 0 Å². The molecular formula is C9H14N2O2. The zero-order valence-electron chi connectivity index (χ0n) is 7.62. The van der Waals surface area contributed by atoms with Crippen molar-refractivity contribution in [1.82, 2.24) is 0 Å². The number of rotatable bonds is 2. The van der Waals surface area contributed by atoms with Gasteiger partial charge in [0.2, 0.25) is 11.8 Å². The predicted molar refractivity (Wildman–Crippen MR) is 48.4 cm³/mol. The third-order valence-corrected chi connectivity index (χ3v) is 2.68. The third kappa shape index (κ3) is 1.56. The standard InChI is InChI=1S/C9H14N2O2/c1-9(8(11)13)5-3-2-4-6(9)7(10)12/h3,5-6H,2,4H2,1H3,(H2,10,12)(H2,11,13). The summed E-state index contributed by atoms with van der Waals surface area (Å²) in [6, 6.07) is 0. The van der Waals surface area contributed by atoms with Crippen molar-refractivity contribution in [3.05, 3.63) is 12.2 Å². The third-order valence-electron chi connectivity index (χ3n) is 2.68. The lowest BCUT2D eigenvalue weighted by molar-refractivity contribution is -0.135. The maximum absolute atomic E-state index is 11.2. The van der Waals surface area contributed by atoms with Crippen molar-refractivity contribution in [2.75, 3.05) is 0 Å². The fourth-order valence-corrected chi connectivity index (χ4v) is 1.70. The van der Waals surface area contributed by atoms with Gasteiger partial charge in [-0.15, -0.1) is 0 Å². The van der Waals surface area contributed by atoms with E-state index in [0.717, 1.165) is 6.42 Å². The highest BCUT2D eigenvalue weighted by molar-refractivity contribution is 5.90. The lowest BCUT2D eigenvalue weighted by Crippen LogP contribution is -2.46. The summed E-state index contributed by atoms with van der Waals surface area (Å²) in [7, 11) is 0. The van der Waals surface area contributed by atoms with E-state index in [-0.39, 0.29) is 0 Å². The van der Waals surface area contributed by atoms with Gasteiger partial charge in [0.25, 0.3) is 0 Å². The van der Waals surface area contributed by atoms with Crippen LogP contribution < -0.4 is 11.5 Å². The van der Waals surface area contributed by atoms with Crippen molar-refractivity contribution in [2.45, 2.75) is 19.8 Å². The maximum Gasteiger partial charge on any atom is 0.227 e.